The lowest BCUT2D eigenvalue weighted by Gasteiger charge is -2.23. The number of ether oxygens (including phenoxy) is 2. The zero-order valence-corrected chi connectivity index (χ0v) is 10.9. The summed E-state index contributed by atoms with van der Waals surface area (Å²) in [5.41, 5.74) is 0.00562. The molecule has 19 heavy (non-hydrogen) atoms. The summed E-state index contributed by atoms with van der Waals surface area (Å²) in [4.78, 5) is 10.2. The van der Waals surface area contributed by atoms with Gasteiger partial charge in [-0.2, -0.15) is 0 Å². The minimum Gasteiger partial charge on any atom is -0.493 e. The van der Waals surface area contributed by atoms with Crippen LogP contribution in [0.4, 0.5) is 5.69 Å². The Balaban J connectivity index is 2.00. The van der Waals surface area contributed by atoms with Crippen molar-refractivity contribution in [3.63, 3.8) is 0 Å². The molecule has 1 aromatic carbocycles. The third kappa shape index (κ3) is 3.57. The predicted octanol–water partition coefficient (Wildman–Crippen LogP) is 1.98. The van der Waals surface area contributed by atoms with Crippen LogP contribution >= 0.6 is 0 Å². The van der Waals surface area contributed by atoms with Gasteiger partial charge in [0, 0.05) is 6.07 Å². The lowest BCUT2D eigenvalue weighted by atomic mass is 9.99. The van der Waals surface area contributed by atoms with Crippen molar-refractivity contribution in [2.45, 2.75) is 12.8 Å². The average Bonchev–Trinajstić information content (AvgIpc) is 2.45. The van der Waals surface area contributed by atoms with Crippen molar-refractivity contribution in [3.8, 4) is 11.5 Å². The maximum Gasteiger partial charge on any atom is 0.273 e. The summed E-state index contributed by atoms with van der Waals surface area (Å²) < 4.78 is 10.9. The topological polar surface area (TPSA) is 73.6 Å². The van der Waals surface area contributed by atoms with Gasteiger partial charge in [0.1, 0.15) is 0 Å². The molecule has 1 N–H and O–H groups in total. The van der Waals surface area contributed by atoms with E-state index in [1.807, 2.05) is 0 Å². The Labute approximate surface area is 111 Å². The Bertz CT molecular complexity index is 444. The molecule has 0 aromatic heterocycles. The largest absolute Gasteiger partial charge is 0.493 e. The number of nitro groups is 1. The minimum absolute atomic E-state index is 0.00562. The molecule has 6 nitrogen and oxygen atoms in total. The Morgan fingerprint density at radius 1 is 1.37 bits per heavy atom. The van der Waals surface area contributed by atoms with Crippen LogP contribution < -0.4 is 14.8 Å². The van der Waals surface area contributed by atoms with Gasteiger partial charge in [-0.05, 0) is 37.9 Å². The maximum absolute atomic E-state index is 10.7. The van der Waals surface area contributed by atoms with E-state index in [1.165, 1.54) is 19.2 Å². The molecule has 0 saturated carbocycles. The Morgan fingerprint density at radius 3 is 2.74 bits per heavy atom. The lowest BCUT2D eigenvalue weighted by Crippen LogP contribution is -2.30. The molecule has 2 rings (SSSR count). The first kappa shape index (κ1) is 13.6. The Hall–Kier alpha value is -1.82. The fourth-order valence-electron chi connectivity index (χ4n) is 2.15. The smallest absolute Gasteiger partial charge is 0.273 e. The highest BCUT2D eigenvalue weighted by Crippen LogP contribution is 2.31. The quantitative estimate of drug-likeness (QED) is 0.651. The van der Waals surface area contributed by atoms with Crippen LogP contribution in [0.15, 0.2) is 18.2 Å². The lowest BCUT2D eigenvalue weighted by molar-refractivity contribution is -0.385. The molecule has 1 aromatic rings. The molecule has 1 heterocycles. The molecule has 1 fully saturated rings. The second-order valence-corrected chi connectivity index (χ2v) is 4.60. The third-order valence-corrected chi connectivity index (χ3v) is 3.29. The number of piperidine rings is 1. The molecule has 6 heteroatoms. The van der Waals surface area contributed by atoms with E-state index in [1.54, 1.807) is 6.07 Å². The van der Waals surface area contributed by atoms with Gasteiger partial charge in [0.05, 0.1) is 24.7 Å². The van der Waals surface area contributed by atoms with Crippen LogP contribution in [0.25, 0.3) is 0 Å². The molecule has 0 aliphatic carbocycles. The van der Waals surface area contributed by atoms with Crippen molar-refractivity contribution in [2.75, 3.05) is 26.8 Å². The molecule has 0 radical (unpaired) electrons. The molecule has 0 bridgehead atoms. The van der Waals surface area contributed by atoms with Gasteiger partial charge in [0.25, 0.3) is 5.69 Å². The van der Waals surface area contributed by atoms with Gasteiger partial charge in [-0.25, -0.2) is 0 Å². The van der Waals surface area contributed by atoms with E-state index in [2.05, 4.69) is 5.32 Å². The van der Waals surface area contributed by atoms with Crippen LogP contribution in [-0.2, 0) is 0 Å². The Kier molecular flexibility index (Phi) is 4.57. The molecule has 0 spiro atoms. The number of nitro benzene ring substituents is 1. The molecule has 0 atom stereocenters. The fraction of sp³-hybridized carbons (Fsp3) is 0.538. The van der Waals surface area contributed by atoms with E-state index in [4.69, 9.17) is 9.47 Å². The zero-order chi connectivity index (χ0) is 13.7. The molecule has 1 saturated heterocycles. The summed E-state index contributed by atoms with van der Waals surface area (Å²) in [6.45, 7) is 2.66. The highest BCUT2D eigenvalue weighted by Gasteiger charge is 2.16. The third-order valence-electron chi connectivity index (χ3n) is 3.29. The van der Waals surface area contributed by atoms with Crippen molar-refractivity contribution in [1.29, 1.82) is 0 Å². The van der Waals surface area contributed by atoms with Gasteiger partial charge in [-0.1, -0.05) is 0 Å². The molecule has 104 valence electrons. The highest BCUT2D eigenvalue weighted by molar-refractivity contribution is 5.48. The highest BCUT2D eigenvalue weighted by atomic mass is 16.6. The maximum atomic E-state index is 10.7. The number of rotatable bonds is 5. The van der Waals surface area contributed by atoms with Gasteiger partial charge in [0.2, 0.25) is 0 Å². The van der Waals surface area contributed by atoms with Crippen molar-refractivity contribution in [2.24, 2.45) is 5.92 Å². The summed E-state index contributed by atoms with van der Waals surface area (Å²) >= 11 is 0. The van der Waals surface area contributed by atoms with Crippen molar-refractivity contribution in [1.82, 2.24) is 5.32 Å². The van der Waals surface area contributed by atoms with Crippen LogP contribution in [0.2, 0.25) is 0 Å². The molecular formula is C13H18N2O4. The summed E-state index contributed by atoms with van der Waals surface area (Å²) in [5, 5.41) is 14.0. The van der Waals surface area contributed by atoms with Crippen LogP contribution in [0, 0.1) is 16.0 Å². The first-order valence-electron chi connectivity index (χ1n) is 6.36. The van der Waals surface area contributed by atoms with Crippen LogP contribution in [0.1, 0.15) is 12.8 Å². The Morgan fingerprint density at radius 2 is 2.11 bits per heavy atom. The second-order valence-electron chi connectivity index (χ2n) is 4.60. The number of hydrogen-bond donors (Lipinski definition) is 1. The van der Waals surface area contributed by atoms with Crippen molar-refractivity contribution >= 4 is 5.69 Å². The molecule has 0 unspecified atom stereocenters. The number of nitrogens with one attached hydrogen (secondary N) is 1. The van der Waals surface area contributed by atoms with Gasteiger partial charge in [-0.15, -0.1) is 0 Å². The van der Waals surface area contributed by atoms with E-state index in [9.17, 15) is 10.1 Å². The molecule has 1 aliphatic rings. The van der Waals surface area contributed by atoms with Gasteiger partial charge in [0.15, 0.2) is 11.5 Å². The fourth-order valence-corrected chi connectivity index (χ4v) is 2.15. The van der Waals surface area contributed by atoms with Gasteiger partial charge >= 0.3 is 0 Å². The van der Waals surface area contributed by atoms with E-state index >= 15 is 0 Å². The standard InChI is InChI=1S/C13H18N2O4/c1-18-13-8-11(15(16)17)2-3-12(13)19-9-10-4-6-14-7-5-10/h2-3,8,10,14H,4-7,9H2,1H3. The van der Waals surface area contributed by atoms with Crippen LogP contribution in [0.5, 0.6) is 11.5 Å². The van der Waals surface area contributed by atoms with Crippen LogP contribution in [0.3, 0.4) is 0 Å². The number of non-ortho nitro benzene ring substituents is 1. The predicted molar refractivity (Wildman–Crippen MR) is 70.7 cm³/mol. The molecule has 0 amide bonds. The van der Waals surface area contributed by atoms with Crippen LogP contribution in [-0.4, -0.2) is 31.7 Å². The van der Waals surface area contributed by atoms with Crippen molar-refractivity contribution < 1.29 is 14.4 Å². The number of nitrogens with zero attached hydrogens (tertiary/aromatic N) is 1. The normalized spacial score (nSPS) is 16.1. The van der Waals surface area contributed by atoms with E-state index in [0.29, 0.717) is 24.0 Å². The van der Waals surface area contributed by atoms with E-state index in [-0.39, 0.29) is 5.69 Å². The first-order chi connectivity index (χ1) is 9.20. The van der Waals surface area contributed by atoms with E-state index < -0.39 is 4.92 Å². The monoisotopic (exact) mass is 266 g/mol. The SMILES string of the molecule is COc1cc([N+](=O)[O-])ccc1OCC1CCNCC1. The molecular weight excluding hydrogens is 248 g/mol. The van der Waals surface area contributed by atoms with Gasteiger partial charge in [-0.3, -0.25) is 10.1 Å². The number of benzene rings is 1. The summed E-state index contributed by atoms with van der Waals surface area (Å²) in [7, 11) is 1.48. The number of hydrogen-bond acceptors (Lipinski definition) is 5. The van der Waals surface area contributed by atoms with Crippen molar-refractivity contribution in [3.05, 3.63) is 28.3 Å². The zero-order valence-electron chi connectivity index (χ0n) is 10.9. The van der Waals surface area contributed by atoms with Gasteiger partial charge < -0.3 is 14.8 Å². The average molecular weight is 266 g/mol. The summed E-state index contributed by atoms with van der Waals surface area (Å²) in [6, 6.07) is 4.41. The van der Waals surface area contributed by atoms with E-state index in [0.717, 1.165) is 25.9 Å². The number of methoxy groups -OCH3 is 1. The first-order valence-corrected chi connectivity index (χ1v) is 6.36. The summed E-state index contributed by atoms with van der Waals surface area (Å²) in [6.07, 6.45) is 2.19. The summed E-state index contributed by atoms with van der Waals surface area (Å²) in [5.74, 6) is 1.50. The molecule has 1 aliphatic heterocycles. The second kappa shape index (κ2) is 6.38. The minimum atomic E-state index is -0.445.